The van der Waals surface area contributed by atoms with E-state index in [1.54, 1.807) is 23.1 Å². The first kappa shape index (κ1) is 14.8. The summed E-state index contributed by atoms with van der Waals surface area (Å²) in [6.07, 6.45) is 4.32. The second-order valence-electron chi connectivity index (χ2n) is 4.87. The first-order chi connectivity index (χ1) is 9.29. The predicted octanol–water partition coefficient (Wildman–Crippen LogP) is 2.04. The van der Waals surface area contributed by atoms with Gasteiger partial charge in [0.15, 0.2) is 0 Å². The molecule has 4 nitrogen and oxygen atoms in total. The molecular formula is C13H20N2O2S2. The average molecular weight is 300 g/mol. The summed E-state index contributed by atoms with van der Waals surface area (Å²) in [5, 5.41) is 14.4. The van der Waals surface area contributed by atoms with E-state index in [1.165, 1.54) is 0 Å². The molecule has 2 unspecified atom stereocenters. The van der Waals surface area contributed by atoms with Crippen molar-refractivity contribution in [3.63, 3.8) is 0 Å². The van der Waals surface area contributed by atoms with Gasteiger partial charge in [-0.2, -0.15) is 0 Å². The quantitative estimate of drug-likeness (QED) is 0.844. The van der Waals surface area contributed by atoms with E-state index in [1.807, 2.05) is 10.9 Å². The number of hydrogen-bond donors (Lipinski definition) is 2. The van der Waals surface area contributed by atoms with E-state index >= 15 is 0 Å². The molecule has 106 valence electrons. The molecule has 1 saturated carbocycles. The summed E-state index contributed by atoms with van der Waals surface area (Å²) < 4.78 is 0. The Morgan fingerprint density at radius 1 is 1.53 bits per heavy atom. The molecule has 1 aromatic heterocycles. The van der Waals surface area contributed by atoms with Crippen LogP contribution in [0.1, 0.15) is 31.4 Å². The normalized spacial score (nSPS) is 23.2. The molecule has 6 heteroatoms. The first-order valence-corrected chi connectivity index (χ1v) is 8.74. The highest BCUT2D eigenvalue weighted by molar-refractivity contribution is 7.99. The minimum absolute atomic E-state index is 0.0746. The monoisotopic (exact) mass is 300 g/mol. The van der Waals surface area contributed by atoms with Crippen LogP contribution in [0.2, 0.25) is 0 Å². The van der Waals surface area contributed by atoms with Gasteiger partial charge in [0.25, 0.3) is 0 Å². The van der Waals surface area contributed by atoms with Crippen molar-refractivity contribution in [2.75, 3.05) is 12.4 Å². The van der Waals surface area contributed by atoms with Crippen LogP contribution >= 0.6 is 23.1 Å². The van der Waals surface area contributed by atoms with E-state index in [2.05, 4.69) is 10.3 Å². The summed E-state index contributed by atoms with van der Waals surface area (Å²) in [4.78, 5) is 16.1. The van der Waals surface area contributed by atoms with Gasteiger partial charge in [0, 0.05) is 29.7 Å². The third kappa shape index (κ3) is 4.78. The molecule has 1 aliphatic carbocycles. The lowest BCUT2D eigenvalue weighted by Gasteiger charge is -2.30. The molecule has 1 fully saturated rings. The number of nitrogens with zero attached hydrogens (tertiary/aromatic N) is 1. The number of amides is 1. The number of rotatable bonds is 6. The third-order valence-corrected chi connectivity index (χ3v) is 5.06. The van der Waals surface area contributed by atoms with Crippen molar-refractivity contribution >= 4 is 29.0 Å². The van der Waals surface area contributed by atoms with Gasteiger partial charge in [-0.05, 0) is 12.8 Å². The number of aliphatic hydroxyl groups is 1. The van der Waals surface area contributed by atoms with Crippen LogP contribution in [0.15, 0.2) is 10.9 Å². The summed E-state index contributed by atoms with van der Waals surface area (Å²) in [6.45, 7) is 0.177. The fraction of sp³-hybridized carbons (Fsp3) is 0.692. The third-order valence-electron chi connectivity index (χ3n) is 3.46. The second kappa shape index (κ2) is 7.87. The molecule has 0 bridgehead atoms. The van der Waals surface area contributed by atoms with Crippen LogP contribution in [0.3, 0.4) is 0 Å². The molecule has 1 heterocycles. The van der Waals surface area contributed by atoms with Crippen LogP contribution < -0.4 is 5.32 Å². The van der Waals surface area contributed by atoms with Gasteiger partial charge in [-0.25, -0.2) is 4.98 Å². The highest BCUT2D eigenvalue weighted by Crippen LogP contribution is 2.24. The Bertz CT molecular complexity index is 384. The van der Waals surface area contributed by atoms with E-state index in [9.17, 15) is 9.90 Å². The van der Waals surface area contributed by atoms with Crippen molar-refractivity contribution in [1.82, 2.24) is 10.3 Å². The van der Waals surface area contributed by atoms with E-state index in [-0.39, 0.29) is 24.5 Å². The van der Waals surface area contributed by atoms with E-state index in [4.69, 9.17) is 0 Å². The molecule has 1 aromatic rings. The molecule has 2 atom stereocenters. The zero-order valence-electron chi connectivity index (χ0n) is 10.9. The van der Waals surface area contributed by atoms with Crippen LogP contribution in [0.5, 0.6) is 0 Å². The van der Waals surface area contributed by atoms with Gasteiger partial charge in [0.1, 0.15) is 0 Å². The number of carbonyl (C=O) groups is 1. The van der Waals surface area contributed by atoms with Crippen molar-refractivity contribution in [1.29, 1.82) is 0 Å². The van der Waals surface area contributed by atoms with Gasteiger partial charge in [0.05, 0.1) is 17.0 Å². The standard InChI is InChI=1S/C13H20N2O2S2/c16-5-10-3-1-2-4-12(10)15-13(17)8-18-6-11-7-19-9-14-11/h7,9-10,12,16H,1-6,8H2,(H,15,17). The number of nitrogens with one attached hydrogen (secondary N) is 1. The Labute approximate surface area is 122 Å². The molecule has 2 rings (SSSR count). The summed E-state index contributed by atoms with van der Waals surface area (Å²) in [5.74, 6) is 1.56. The van der Waals surface area contributed by atoms with Gasteiger partial charge in [0.2, 0.25) is 5.91 Å². The van der Waals surface area contributed by atoms with Gasteiger partial charge >= 0.3 is 0 Å². The maximum atomic E-state index is 11.9. The van der Waals surface area contributed by atoms with E-state index < -0.39 is 0 Å². The fourth-order valence-corrected chi connectivity index (χ4v) is 3.82. The largest absolute Gasteiger partial charge is 0.396 e. The van der Waals surface area contributed by atoms with Crippen molar-refractivity contribution in [3.05, 3.63) is 16.6 Å². The van der Waals surface area contributed by atoms with Crippen molar-refractivity contribution in [3.8, 4) is 0 Å². The maximum absolute atomic E-state index is 11.9. The van der Waals surface area contributed by atoms with Gasteiger partial charge in [-0.15, -0.1) is 23.1 Å². The molecule has 0 saturated heterocycles. The molecule has 0 aromatic carbocycles. The number of aliphatic hydroxyl groups excluding tert-OH is 1. The molecule has 0 radical (unpaired) electrons. The molecule has 0 spiro atoms. The Morgan fingerprint density at radius 3 is 3.11 bits per heavy atom. The number of thioether (sulfide) groups is 1. The summed E-state index contributed by atoms with van der Waals surface area (Å²) in [6, 6.07) is 0.158. The number of thiazole rings is 1. The second-order valence-corrected chi connectivity index (χ2v) is 6.58. The molecule has 2 N–H and O–H groups in total. The average Bonchev–Trinajstić information content (AvgIpc) is 2.92. The van der Waals surface area contributed by atoms with Gasteiger partial charge < -0.3 is 10.4 Å². The zero-order chi connectivity index (χ0) is 13.5. The van der Waals surface area contributed by atoms with Crippen molar-refractivity contribution < 1.29 is 9.90 Å². The van der Waals surface area contributed by atoms with Crippen LogP contribution in [0.4, 0.5) is 0 Å². The molecular weight excluding hydrogens is 280 g/mol. The Kier molecular flexibility index (Phi) is 6.13. The van der Waals surface area contributed by atoms with Crippen LogP contribution in [-0.4, -0.2) is 34.4 Å². The Balaban J connectivity index is 1.68. The van der Waals surface area contributed by atoms with Crippen LogP contribution in [0.25, 0.3) is 0 Å². The highest BCUT2D eigenvalue weighted by Gasteiger charge is 2.25. The van der Waals surface area contributed by atoms with Crippen LogP contribution in [0, 0.1) is 5.92 Å². The topological polar surface area (TPSA) is 62.2 Å². The Morgan fingerprint density at radius 2 is 2.37 bits per heavy atom. The van der Waals surface area contributed by atoms with E-state index in [0.717, 1.165) is 37.1 Å². The first-order valence-electron chi connectivity index (χ1n) is 6.64. The minimum Gasteiger partial charge on any atom is -0.396 e. The number of carbonyl (C=O) groups excluding carboxylic acids is 1. The number of hydrogen-bond acceptors (Lipinski definition) is 5. The maximum Gasteiger partial charge on any atom is 0.230 e. The van der Waals surface area contributed by atoms with Gasteiger partial charge in [-0.1, -0.05) is 12.8 Å². The smallest absolute Gasteiger partial charge is 0.230 e. The lowest BCUT2D eigenvalue weighted by Crippen LogP contribution is -2.44. The number of aromatic nitrogens is 1. The fourth-order valence-electron chi connectivity index (χ4n) is 2.42. The lowest BCUT2D eigenvalue weighted by atomic mass is 9.85. The Hall–Kier alpha value is -0.590. The van der Waals surface area contributed by atoms with Crippen molar-refractivity contribution in [2.45, 2.75) is 37.5 Å². The molecule has 19 heavy (non-hydrogen) atoms. The molecule has 1 aliphatic rings. The molecule has 1 amide bonds. The minimum atomic E-state index is 0.0746. The SMILES string of the molecule is O=C(CSCc1cscn1)NC1CCCCC1CO. The van der Waals surface area contributed by atoms with Crippen LogP contribution in [-0.2, 0) is 10.5 Å². The van der Waals surface area contributed by atoms with Crippen molar-refractivity contribution in [2.24, 2.45) is 5.92 Å². The lowest BCUT2D eigenvalue weighted by molar-refractivity contribution is -0.120. The highest BCUT2D eigenvalue weighted by atomic mass is 32.2. The van der Waals surface area contributed by atoms with E-state index in [0.29, 0.717) is 5.75 Å². The summed E-state index contributed by atoms with van der Waals surface area (Å²) >= 11 is 3.16. The predicted molar refractivity (Wildman–Crippen MR) is 79.3 cm³/mol. The summed E-state index contributed by atoms with van der Waals surface area (Å²) in [5.41, 5.74) is 2.85. The summed E-state index contributed by atoms with van der Waals surface area (Å²) in [7, 11) is 0. The zero-order valence-corrected chi connectivity index (χ0v) is 12.5. The molecule has 0 aliphatic heterocycles. The van der Waals surface area contributed by atoms with Gasteiger partial charge in [-0.3, -0.25) is 4.79 Å².